The summed E-state index contributed by atoms with van der Waals surface area (Å²) in [7, 11) is 0. The number of hydrogen-bond donors (Lipinski definition) is 1. The smallest absolute Gasteiger partial charge is 0.257 e. The van der Waals surface area contributed by atoms with Crippen LogP contribution in [0.3, 0.4) is 0 Å². The topological polar surface area (TPSA) is 51.0 Å². The molecule has 0 fully saturated rings. The van der Waals surface area contributed by atoms with E-state index in [0.717, 1.165) is 30.1 Å². The molecule has 3 rings (SSSR count). The molecule has 0 spiro atoms. The summed E-state index contributed by atoms with van der Waals surface area (Å²) < 4.78 is 5.38. The van der Waals surface area contributed by atoms with Crippen LogP contribution in [0.2, 0.25) is 0 Å². The highest BCUT2D eigenvalue weighted by Crippen LogP contribution is 2.28. The van der Waals surface area contributed by atoms with E-state index in [1.807, 2.05) is 17.8 Å². The quantitative estimate of drug-likeness (QED) is 0.929. The number of nitrogens with one attached hydrogen (secondary N) is 1. The van der Waals surface area contributed by atoms with Crippen molar-refractivity contribution in [2.75, 3.05) is 11.9 Å². The second kappa shape index (κ2) is 5.87. The summed E-state index contributed by atoms with van der Waals surface area (Å²) in [5.41, 5.74) is 3.58. The third-order valence-electron chi connectivity index (χ3n) is 3.30. The molecule has 5 heteroatoms. The van der Waals surface area contributed by atoms with Crippen LogP contribution in [0.15, 0.2) is 22.7 Å². The van der Waals surface area contributed by atoms with Crippen LogP contribution in [0, 0.1) is 0 Å². The molecule has 0 amide bonds. The predicted molar refractivity (Wildman–Crippen MR) is 83.0 cm³/mol. The van der Waals surface area contributed by atoms with Crippen molar-refractivity contribution in [3.05, 3.63) is 29.6 Å². The van der Waals surface area contributed by atoms with Gasteiger partial charge in [-0.25, -0.2) is 0 Å². The Morgan fingerprint density at radius 1 is 1.40 bits per heavy atom. The zero-order valence-corrected chi connectivity index (χ0v) is 12.7. The molecule has 1 aliphatic rings. The highest BCUT2D eigenvalue weighted by molar-refractivity contribution is 7.99. The zero-order valence-electron chi connectivity index (χ0n) is 11.8. The number of anilines is 1. The van der Waals surface area contributed by atoms with Gasteiger partial charge in [-0.15, -0.1) is 0 Å². The molecule has 1 aromatic heterocycles. The van der Waals surface area contributed by atoms with Crippen molar-refractivity contribution in [1.29, 1.82) is 0 Å². The molecule has 0 saturated heterocycles. The summed E-state index contributed by atoms with van der Waals surface area (Å²) in [4.78, 5) is 4.48. The van der Waals surface area contributed by atoms with E-state index >= 15 is 0 Å². The lowest BCUT2D eigenvalue weighted by atomic mass is 10.0. The molecule has 4 nitrogen and oxygen atoms in total. The van der Waals surface area contributed by atoms with Crippen molar-refractivity contribution in [3.8, 4) is 11.5 Å². The lowest BCUT2D eigenvalue weighted by Gasteiger charge is -2.17. The Labute approximate surface area is 123 Å². The number of fused-ring (bicyclic) bond motifs is 1. The molecule has 106 valence electrons. The van der Waals surface area contributed by atoms with Crippen LogP contribution in [-0.2, 0) is 12.2 Å². The monoisotopic (exact) mass is 289 g/mol. The van der Waals surface area contributed by atoms with Crippen LogP contribution >= 0.6 is 11.8 Å². The highest BCUT2D eigenvalue weighted by atomic mass is 32.2. The molecule has 0 atom stereocenters. The predicted octanol–water partition coefficient (Wildman–Crippen LogP) is 3.74. The van der Waals surface area contributed by atoms with Gasteiger partial charge in [-0.1, -0.05) is 19.0 Å². The fourth-order valence-corrected chi connectivity index (χ4v) is 2.88. The summed E-state index contributed by atoms with van der Waals surface area (Å²) in [6, 6.07) is 6.31. The molecule has 2 aromatic rings. The first-order chi connectivity index (χ1) is 9.72. The maximum atomic E-state index is 5.38. The molecule has 0 aliphatic carbocycles. The average Bonchev–Trinajstić information content (AvgIpc) is 2.93. The summed E-state index contributed by atoms with van der Waals surface area (Å²) in [6.07, 6.45) is 2.29. The van der Waals surface area contributed by atoms with Gasteiger partial charge >= 0.3 is 0 Å². The molecule has 0 unspecified atom stereocenters. The van der Waals surface area contributed by atoms with E-state index in [4.69, 9.17) is 4.52 Å². The van der Waals surface area contributed by atoms with Gasteiger partial charge in [0, 0.05) is 17.8 Å². The van der Waals surface area contributed by atoms with Gasteiger partial charge in [-0.2, -0.15) is 16.7 Å². The minimum Gasteiger partial charge on any atom is -0.385 e. The van der Waals surface area contributed by atoms with Gasteiger partial charge in [0.15, 0.2) is 5.82 Å². The molecule has 20 heavy (non-hydrogen) atoms. The highest BCUT2D eigenvalue weighted by Gasteiger charge is 2.13. The molecule has 0 radical (unpaired) electrons. The van der Waals surface area contributed by atoms with Crippen molar-refractivity contribution in [2.45, 2.75) is 37.7 Å². The summed E-state index contributed by atoms with van der Waals surface area (Å²) in [5, 5.41) is 8.04. The van der Waals surface area contributed by atoms with Crippen LogP contribution in [0.25, 0.3) is 11.5 Å². The van der Waals surface area contributed by atoms with Crippen LogP contribution in [0.5, 0.6) is 0 Å². The van der Waals surface area contributed by atoms with E-state index in [-0.39, 0.29) is 0 Å². The molecule has 1 aromatic carbocycles. The van der Waals surface area contributed by atoms with Gasteiger partial charge in [-0.3, -0.25) is 0 Å². The lowest BCUT2D eigenvalue weighted by Crippen LogP contribution is -2.11. The van der Waals surface area contributed by atoms with Crippen molar-refractivity contribution in [1.82, 2.24) is 10.1 Å². The first-order valence-electron chi connectivity index (χ1n) is 7.04. The fraction of sp³-hybridized carbons (Fsp3) is 0.467. The average molecular weight is 289 g/mol. The number of thioether (sulfide) groups is 1. The normalized spacial score (nSPS) is 14.2. The van der Waals surface area contributed by atoms with Crippen LogP contribution in [0.1, 0.15) is 31.7 Å². The number of aryl methyl sites for hydroxylation is 1. The maximum absolute atomic E-state index is 5.38. The number of nitrogens with zero attached hydrogens (tertiary/aromatic N) is 2. The van der Waals surface area contributed by atoms with Gasteiger partial charge in [0.25, 0.3) is 5.89 Å². The molecular weight excluding hydrogens is 270 g/mol. The van der Waals surface area contributed by atoms with E-state index in [2.05, 4.69) is 41.4 Å². The second-order valence-electron chi connectivity index (χ2n) is 5.28. The number of benzene rings is 1. The minimum absolute atomic E-state index is 0.576. The van der Waals surface area contributed by atoms with Crippen molar-refractivity contribution in [2.24, 2.45) is 0 Å². The molecule has 0 saturated carbocycles. The Morgan fingerprint density at radius 3 is 3.15 bits per heavy atom. The maximum Gasteiger partial charge on any atom is 0.257 e. The molecule has 0 bridgehead atoms. The largest absolute Gasteiger partial charge is 0.385 e. The Morgan fingerprint density at radius 2 is 2.30 bits per heavy atom. The lowest BCUT2D eigenvalue weighted by molar-refractivity contribution is 0.425. The molecular formula is C15H19N3OS. The number of rotatable bonds is 4. The van der Waals surface area contributed by atoms with Gasteiger partial charge in [-0.05, 0) is 41.9 Å². The van der Waals surface area contributed by atoms with E-state index in [1.165, 1.54) is 17.7 Å². The Balaban J connectivity index is 1.79. The molecule has 2 heterocycles. The first-order valence-corrected chi connectivity index (χ1v) is 8.08. The van der Waals surface area contributed by atoms with Gasteiger partial charge in [0.05, 0.1) is 5.75 Å². The second-order valence-corrected chi connectivity index (χ2v) is 6.84. The van der Waals surface area contributed by atoms with E-state index < -0.39 is 0 Å². The van der Waals surface area contributed by atoms with Gasteiger partial charge < -0.3 is 9.84 Å². The van der Waals surface area contributed by atoms with Crippen molar-refractivity contribution in [3.63, 3.8) is 0 Å². The third-order valence-corrected chi connectivity index (χ3v) is 4.40. The minimum atomic E-state index is 0.576. The third kappa shape index (κ3) is 2.98. The van der Waals surface area contributed by atoms with Crippen molar-refractivity contribution < 1.29 is 4.52 Å². The standard InChI is InChI=1S/C15H19N3OS/c1-10(2)20-9-14-17-15(19-18-14)12-5-6-13-11(8-12)4-3-7-16-13/h5-6,8,10,16H,3-4,7,9H2,1-2H3. The van der Waals surface area contributed by atoms with Gasteiger partial charge in [0.1, 0.15) is 0 Å². The summed E-state index contributed by atoms with van der Waals surface area (Å²) in [5.74, 6) is 2.19. The SMILES string of the molecule is CC(C)SCc1noc(-c2ccc3c(c2)CCCN3)n1. The summed E-state index contributed by atoms with van der Waals surface area (Å²) in [6.45, 7) is 5.40. The van der Waals surface area contributed by atoms with E-state index in [0.29, 0.717) is 11.1 Å². The Kier molecular flexibility index (Phi) is 3.96. The van der Waals surface area contributed by atoms with Gasteiger partial charge in [0.2, 0.25) is 0 Å². The molecule has 1 N–H and O–H groups in total. The van der Waals surface area contributed by atoms with E-state index in [1.54, 1.807) is 0 Å². The molecule has 1 aliphatic heterocycles. The van der Waals surface area contributed by atoms with Crippen LogP contribution in [0.4, 0.5) is 5.69 Å². The summed E-state index contributed by atoms with van der Waals surface area (Å²) >= 11 is 1.82. The Hall–Kier alpha value is -1.49. The van der Waals surface area contributed by atoms with Crippen LogP contribution in [-0.4, -0.2) is 21.9 Å². The Bertz CT molecular complexity index is 595. The first kappa shape index (κ1) is 13.5. The number of aromatic nitrogens is 2. The number of hydrogen-bond acceptors (Lipinski definition) is 5. The fourth-order valence-electron chi connectivity index (χ4n) is 2.28. The zero-order chi connectivity index (χ0) is 13.9. The van der Waals surface area contributed by atoms with E-state index in [9.17, 15) is 0 Å². The van der Waals surface area contributed by atoms with Crippen molar-refractivity contribution >= 4 is 17.4 Å². The van der Waals surface area contributed by atoms with Crippen LogP contribution < -0.4 is 5.32 Å².